The normalized spacial score (nSPS) is 11.6. The molecule has 0 aliphatic rings. The van der Waals surface area contributed by atoms with Gasteiger partial charge in [0.15, 0.2) is 22.9 Å². The minimum atomic E-state index is -0.203. The molecule has 4 aromatic rings. The number of benzene rings is 2. The van der Waals surface area contributed by atoms with Gasteiger partial charge in [0, 0.05) is 10.4 Å². The zero-order chi connectivity index (χ0) is 20.4. The van der Waals surface area contributed by atoms with Gasteiger partial charge in [-0.2, -0.15) is 0 Å². The van der Waals surface area contributed by atoms with Crippen molar-refractivity contribution in [3.63, 3.8) is 0 Å². The maximum Gasteiger partial charge on any atom is 0.231 e. The van der Waals surface area contributed by atoms with Gasteiger partial charge in [-0.1, -0.05) is 12.1 Å². The van der Waals surface area contributed by atoms with Crippen LogP contribution in [-0.4, -0.2) is 25.0 Å². The van der Waals surface area contributed by atoms with Crippen molar-refractivity contribution < 1.29 is 18.7 Å². The lowest BCUT2D eigenvalue weighted by Crippen LogP contribution is -2.04. The Labute approximate surface area is 172 Å². The molecule has 146 valence electrons. The fraction of sp³-hybridized carbons (Fsp3) is 0.130. The van der Waals surface area contributed by atoms with Crippen LogP contribution in [0, 0.1) is 6.92 Å². The average molecular weight is 405 g/mol. The SMILES string of the molecule is COc1ccc(C(=O)C(=Cc2sccc2C)c2nc3ccccc3o2)cc1OC. The largest absolute Gasteiger partial charge is 0.493 e. The molecular formula is C23H19NO4S. The molecule has 0 radical (unpaired) electrons. The van der Waals surface area contributed by atoms with Crippen molar-refractivity contribution in [1.82, 2.24) is 4.98 Å². The van der Waals surface area contributed by atoms with Crippen molar-refractivity contribution in [3.8, 4) is 11.5 Å². The molecule has 0 fully saturated rings. The lowest BCUT2D eigenvalue weighted by molar-refractivity contribution is 0.105. The number of allylic oxidation sites excluding steroid dienone is 1. The molecule has 2 heterocycles. The first-order valence-electron chi connectivity index (χ1n) is 8.99. The van der Waals surface area contributed by atoms with Gasteiger partial charge in [-0.05, 0) is 60.3 Å². The molecule has 0 bridgehead atoms. The smallest absolute Gasteiger partial charge is 0.231 e. The lowest BCUT2D eigenvalue weighted by Gasteiger charge is -2.09. The number of ether oxygens (including phenoxy) is 2. The van der Waals surface area contributed by atoms with E-state index in [1.54, 1.807) is 43.8 Å². The number of fused-ring (bicyclic) bond motifs is 1. The predicted molar refractivity (Wildman–Crippen MR) is 115 cm³/mol. The summed E-state index contributed by atoms with van der Waals surface area (Å²) in [4.78, 5) is 19.0. The highest BCUT2D eigenvalue weighted by atomic mass is 32.1. The Kier molecular flexibility index (Phi) is 5.18. The number of aryl methyl sites for hydroxylation is 1. The second-order valence-corrected chi connectivity index (χ2v) is 7.36. The first kappa shape index (κ1) is 19.0. The van der Waals surface area contributed by atoms with E-state index in [1.807, 2.05) is 48.7 Å². The Bertz CT molecular complexity index is 1190. The molecule has 0 aliphatic heterocycles. The number of ketones is 1. The van der Waals surface area contributed by atoms with Crippen molar-refractivity contribution in [1.29, 1.82) is 0 Å². The average Bonchev–Trinajstić information content (AvgIpc) is 3.36. The molecule has 0 amide bonds. The first-order valence-corrected chi connectivity index (χ1v) is 9.87. The Balaban J connectivity index is 1.85. The number of methoxy groups -OCH3 is 2. The van der Waals surface area contributed by atoms with Crippen LogP contribution >= 0.6 is 11.3 Å². The number of Topliss-reactive ketones (excluding diaryl/α,β-unsaturated/α-hetero) is 1. The van der Waals surface area contributed by atoms with E-state index in [4.69, 9.17) is 13.9 Å². The van der Waals surface area contributed by atoms with Crippen LogP contribution in [0.15, 0.2) is 58.3 Å². The monoisotopic (exact) mass is 405 g/mol. The van der Waals surface area contributed by atoms with Crippen LogP contribution in [0.3, 0.4) is 0 Å². The molecule has 5 nitrogen and oxygen atoms in total. The number of hydrogen-bond donors (Lipinski definition) is 0. The van der Waals surface area contributed by atoms with E-state index < -0.39 is 0 Å². The standard InChI is InChI=1S/C23H19NO4S/c1-14-10-11-29-21(14)13-16(23-24-17-6-4-5-7-18(17)28-23)22(25)15-8-9-19(26-2)20(12-15)27-3/h4-13H,1-3H3. The molecule has 0 aliphatic carbocycles. The third-order valence-electron chi connectivity index (χ3n) is 4.59. The Morgan fingerprint density at radius 3 is 2.55 bits per heavy atom. The Hall–Kier alpha value is -3.38. The van der Waals surface area contributed by atoms with Gasteiger partial charge in [0.05, 0.1) is 19.8 Å². The molecule has 0 N–H and O–H groups in total. The van der Waals surface area contributed by atoms with Crippen molar-refractivity contribution in [2.24, 2.45) is 0 Å². The summed E-state index contributed by atoms with van der Waals surface area (Å²) in [5.41, 5.74) is 3.28. The summed E-state index contributed by atoms with van der Waals surface area (Å²) in [7, 11) is 3.10. The Morgan fingerprint density at radius 1 is 1.07 bits per heavy atom. The van der Waals surface area contributed by atoms with Crippen molar-refractivity contribution in [2.75, 3.05) is 14.2 Å². The minimum Gasteiger partial charge on any atom is -0.493 e. The fourth-order valence-corrected chi connectivity index (χ4v) is 3.87. The third kappa shape index (κ3) is 3.67. The number of aromatic nitrogens is 1. The van der Waals surface area contributed by atoms with Crippen molar-refractivity contribution in [3.05, 3.63) is 75.8 Å². The highest BCUT2D eigenvalue weighted by Gasteiger charge is 2.22. The number of thiophene rings is 1. The topological polar surface area (TPSA) is 61.6 Å². The van der Waals surface area contributed by atoms with Gasteiger partial charge in [0.25, 0.3) is 0 Å². The quantitative estimate of drug-likeness (QED) is 0.307. The number of nitrogens with zero attached hydrogens (tertiary/aromatic N) is 1. The zero-order valence-corrected chi connectivity index (χ0v) is 17.1. The van der Waals surface area contributed by atoms with E-state index in [-0.39, 0.29) is 5.78 Å². The summed E-state index contributed by atoms with van der Waals surface area (Å²) in [5.74, 6) is 1.14. The molecule has 0 spiro atoms. The highest BCUT2D eigenvalue weighted by molar-refractivity contribution is 7.11. The van der Waals surface area contributed by atoms with E-state index in [2.05, 4.69) is 4.98 Å². The van der Waals surface area contributed by atoms with Gasteiger partial charge in [0.2, 0.25) is 5.89 Å². The number of oxazole rings is 1. The van der Waals surface area contributed by atoms with Crippen molar-refractivity contribution >= 4 is 39.9 Å². The van der Waals surface area contributed by atoms with Gasteiger partial charge in [-0.25, -0.2) is 4.98 Å². The summed E-state index contributed by atoms with van der Waals surface area (Å²) in [6, 6.07) is 14.6. The summed E-state index contributed by atoms with van der Waals surface area (Å²) in [6.07, 6.45) is 1.84. The van der Waals surface area contributed by atoms with Gasteiger partial charge in [-0.3, -0.25) is 4.79 Å². The van der Waals surface area contributed by atoms with Crippen LogP contribution in [0.2, 0.25) is 0 Å². The molecule has 0 saturated heterocycles. The molecular weight excluding hydrogens is 386 g/mol. The summed E-state index contributed by atoms with van der Waals surface area (Å²) >= 11 is 1.56. The van der Waals surface area contributed by atoms with Gasteiger partial charge in [-0.15, -0.1) is 11.3 Å². The molecule has 29 heavy (non-hydrogen) atoms. The van der Waals surface area contributed by atoms with Gasteiger partial charge < -0.3 is 13.9 Å². The number of carbonyl (C=O) groups is 1. The molecule has 2 aromatic heterocycles. The van der Waals surface area contributed by atoms with Crippen LogP contribution in [0.1, 0.15) is 26.7 Å². The highest BCUT2D eigenvalue weighted by Crippen LogP contribution is 2.32. The van der Waals surface area contributed by atoms with E-state index in [9.17, 15) is 4.79 Å². The molecule has 4 rings (SSSR count). The third-order valence-corrected chi connectivity index (χ3v) is 5.56. The van der Waals surface area contributed by atoms with Crippen LogP contribution < -0.4 is 9.47 Å². The Morgan fingerprint density at radius 2 is 1.86 bits per heavy atom. The summed E-state index contributed by atoms with van der Waals surface area (Å²) < 4.78 is 16.5. The number of para-hydroxylation sites is 2. The predicted octanol–water partition coefficient (Wildman–Crippen LogP) is 5.64. The number of hydrogen-bond acceptors (Lipinski definition) is 6. The molecule has 0 saturated carbocycles. The number of carbonyl (C=O) groups excluding carboxylic acids is 1. The van der Waals surface area contributed by atoms with Gasteiger partial charge in [0.1, 0.15) is 5.52 Å². The van der Waals surface area contributed by atoms with Crippen LogP contribution in [0.25, 0.3) is 22.7 Å². The lowest BCUT2D eigenvalue weighted by atomic mass is 10.0. The van der Waals surface area contributed by atoms with Crippen LogP contribution in [0.4, 0.5) is 0 Å². The van der Waals surface area contributed by atoms with E-state index in [1.165, 1.54) is 0 Å². The second-order valence-electron chi connectivity index (χ2n) is 6.41. The summed E-state index contributed by atoms with van der Waals surface area (Å²) in [6.45, 7) is 2.01. The van der Waals surface area contributed by atoms with E-state index in [0.717, 1.165) is 10.4 Å². The first-order chi connectivity index (χ1) is 14.1. The fourth-order valence-electron chi connectivity index (χ4n) is 3.01. The molecule has 0 atom stereocenters. The second kappa shape index (κ2) is 7.93. The zero-order valence-electron chi connectivity index (χ0n) is 16.3. The molecule has 6 heteroatoms. The van der Waals surface area contributed by atoms with E-state index in [0.29, 0.717) is 39.6 Å². The molecule has 0 unspecified atom stereocenters. The molecule has 2 aromatic carbocycles. The van der Waals surface area contributed by atoms with E-state index >= 15 is 0 Å². The number of rotatable bonds is 6. The van der Waals surface area contributed by atoms with Crippen molar-refractivity contribution in [2.45, 2.75) is 6.92 Å². The maximum atomic E-state index is 13.5. The summed E-state index contributed by atoms with van der Waals surface area (Å²) in [5, 5.41) is 1.99. The maximum absolute atomic E-state index is 13.5. The van der Waals surface area contributed by atoms with Crippen LogP contribution in [0.5, 0.6) is 11.5 Å². The minimum absolute atomic E-state index is 0.203. The van der Waals surface area contributed by atoms with Gasteiger partial charge >= 0.3 is 0 Å². The van der Waals surface area contributed by atoms with Crippen LogP contribution in [-0.2, 0) is 0 Å².